The van der Waals surface area contributed by atoms with Crippen LogP contribution in [0.25, 0.3) is 0 Å². The molecule has 3 N–H and O–H groups in total. The maximum Gasteiger partial charge on any atom is 0.397 e. The molecule has 0 spiro atoms. The van der Waals surface area contributed by atoms with Crippen molar-refractivity contribution in [1.29, 1.82) is 0 Å². The van der Waals surface area contributed by atoms with Crippen LogP contribution in [0.4, 0.5) is 5.69 Å². The summed E-state index contributed by atoms with van der Waals surface area (Å²) in [5.41, 5.74) is 0.325. The van der Waals surface area contributed by atoms with E-state index in [0.717, 1.165) is 5.56 Å². The van der Waals surface area contributed by atoms with Crippen molar-refractivity contribution in [3.05, 3.63) is 65.2 Å². The van der Waals surface area contributed by atoms with Crippen molar-refractivity contribution in [3.8, 4) is 0 Å². The summed E-state index contributed by atoms with van der Waals surface area (Å²) in [6.07, 6.45) is 0.740. The maximum absolute atomic E-state index is 13.5. The van der Waals surface area contributed by atoms with Crippen molar-refractivity contribution >= 4 is 35.3 Å². The smallest absolute Gasteiger partial charge is 0.397 e. The minimum absolute atomic E-state index is 0.0431. The third-order valence-electron chi connectivity index (χ3n) is 6.26. The Labute approximate surface area is 247 Å². The van der Waals surface area contributed by atoms with Gasteiger partial charge in [0.2, 0.25) is 11.8 Å². The number of ether oxygens (including phenoxy) is 1. The van der Waals surface area contributed by atoms with E-state index in [-0.39, 0.29) is 47.9 Å². The van der Waals surface area contributed by atoms with E-state index in [9.17, 15) is 29.1 Å². The molecule has 0 fully saturated rings. The van der Waals surface area contributed by atoms with Gasteiger partial charge in [-0.25, -0.2) is 9.59 Å². The number of anilines is 1. The minimum Gasteiger partial charge on any atom is -0.478 e. The third kappa shape index (κ3) is 10.6. The van der Waals surface area contributed by atoms with Crippen LogP contribution >= 0.6 is 0 Å². The number of carboxylic acids is 1. The molecule has 0 radical (unpaired) electrons. The van der Waals surface area contributed by atoms with Crippen molar-refractivity contribution in [1.82, 2.24) is 10.2 Å². The number of rotatable bonds is 12. The highest BCUT2D eigenvalue weighted by molar-refractivity contribution is 6.37. The molecule has 42 heavy (non-hydrogen) atoms. The van der Waals surface area contributed by atoms with E-state index < -0.39 is 29.5 Å². The summed E-state index contributed by atoms with van der Waals surface area (Å²) in [6, 6.07) is 12.9. The normalized spacial score (nSPS) is 12.0. The van der Waals surface area contributed by atoms with Crippen molar-refractivity contribution in [2.45, 2.75) is 92.0 Å². The highest BCUT2D eigenvalue weighted by Gasteiger charge is 2.32. The molecule has 2 aromatic rings. The Bertz CT molecular complexity index is 1270. The lowest BCUT2D eigenvalue weighted by Crippen LogP contribution is -2.53. The second kappa shape index (κ2) is 15.1. The fourth-order valence-electron chi connectivity index (χ4n) is 4.43. The summed E-state index contributed by atoms with van der Waals surface area (Å²) in [6.45, 7) is 12.9. The predicted molar refractivity (Wildman–Crippen MR) is 160 cm³/mol. The van der Waals surface area contributed by atoms with Crippen LogP contribution in [0.2, 0.25) is 0 Å². The first-order chi connectivity index (χ1) is 19.6. The van der Waals surface area contributed by atoms with Gasteiger partial charge in [-0.15, -0.1) is 0 Å². The van der Waals surface area contributed by atoms with Gasteiger partial charge in [0.1, 0.15) is 11.6 Å². The average molecular weight is 582 g/mol. The molecule has 2 rings (SSSR count). The van der Waals surface area contributed by atoms with Gasteiger partial charge in [-0.2, -0.15) is 0 Å². The van der Waals surface area contributed by atoms with Crippen LogP contribution in [0.1, 0.15) is 82.8 Å². The average Bonchev–Trinajstić information content (AvgIpc) is 2.89. The number of carbonyl (C=O) groups is 5. The Balaban J connectivity index is 2.17. The molecular formula is C32H43N3O7. The zero-order valence-corrected chi connectivity index (χ0v) is 25.5. The van der Waals surface area contributed by atoms with Gasteiger partial charge >= 0.3 is 17.8 Å². The topological polar surface area (TPSA) is 142 Å². The largest absolute Gasteiger partial charge is 0.478 e. The maximum atomic E-state index is 13.5. The highest BCUT2D eigenvalue weighted by atomic mass is 16.6. The molecule has 0 heterocycles. The number of aryl methyl sites for hydroxylation is 1. The standard InChI is InChI=1S/C32H43N3O7/c1-20(2)17-26(28(37)33-19-23-11-9-8-10-12-23)35(21(3)4)27(36)16-14-22-13-15-25(24(18-22)30(39)40)34-29(38)31(41)42-32(5,6)7/h8-13,15,18,20-21,26H,14,16-17,19H2,1-7H3,(H,33,37)(H,34,38)(H,39,40). The first kappa shape index (κ1) is 34.0. The molecule has 1 unspecified atom stereocenters. The van der Waals surface area contributed by atoms with E-state index in [0.29, 0.717) is 18.5 Å². The summed E-state index contributed by atoms with van der Waals surface area (Å²) >= 11 is 0. The number of nitrogens with one attached hydrogen (secondary N) is 2. The fraction of sp³-hybridized carbons (Fsp3) is 0.469. The molecule has 0 aliphatic carbocycles. The Hall–Kier alpha value is -4.21. The second-order valence-corrected chi connectivity index (χ2v) is 11.9. The number of esters is 1. The summed E-state index contributed by atoms with van der Waals surface area (Å²) < 4.78 is 5.03. The molecule has 0 aliphatic heterocycles. The molecule has 3 amide bonds. The van der Waals surface area contributed by atoms with Crippen LogP contribution in [0.15, 0.2) is 48.5 Å². The fourth-order valence-corrected chi connectivity index (χ4v) is 4.43. The zero-order chi connectivity index (χ0) is 31.6. The number of hydrogen-bond acceptors (Lipinski definition) is 6. The molecule has 10 nitrogen and oxygen atoms in total. The molecule has 2 aromatic carbocycles. The zero-order valence-electron chi connectivity index (χ0n) is 25.5. The molecule has 0 saturated heterocycles. The Morgan fingerprint density at radius 3 is 2.12 bits per heavy atom. The second-order valence-electron chi connectivity index (χ2n) is 11.9. The molecule has 0 aromatic heterocycles. The monoisotopic (exact) mass is 581 g/mol. The van der Waals surface area contributed by atoms with E-state index >= 15 is 0 Å². The van der Waals surface area contributed by atoms with Crippen LogP contribution < -0.4 is 10.6 Å². The van der Waals surface area contributed by atoms with Gasteiger partial charge in [0.25, 0.3) is 0 Å². The van der Waals surface area contributed by atoms with Crippen LogP contribution in [0, 0.1) is 5.92 Å². The SMILES string of the molecule is CC(C)CC(C(=O)NCc1ccccc1)N(C(=O)CCc1ccc(NC(=O)C(=O)OC(C)(C)C)c(C(=O)O)c1)C(C)C. The van der Waals surface area contributed by atoms with Crippen molar-refractivity contribution in [2.24, 2.45) is 5.92 Å². The van der Waals surface area contributed by atoms with Gasteiger partial charge in [-0.3, -0.25) is 14.4 Å². The molecular weight excluding hydrogens is 538 g/mol. The summed E-state index contributed by atoms with van der Waals surface area (Å²) in [5.74, 6) is -3.83. The van der Waals surface area contributed by atoms with Crippen LogP contribution in [0.3, 0.4) is 0 Å². The Kier molecular flexibility index (Phi) is 12.3. The number of benzene rings is 2. The predicted octanol–water partition coefficient (Wildman–Crippen LogP) is 4.57. The summed E-state index contributed by atoms with van der Waals surface area (Å²) in [4.78, 5) is 64.7. The van der Waals surface area contributed by atoms with E-state index in [1.807, 2.05) is 58.0 Å². The molecule has 0 bridgehead atoms. The number of amides is 3. The quantitative estimate of drug-likeness (QED) is 0.246. The van der Waals surface area contributed by atoms with E-state index in [4.69, 9.17) is 4.74 Å². The minimum atomic E-state index is -1.31. The molecule has 228 valence electrons. The lowest BCUT2D eigenvalue weighted by molar-refractivity contribution is -0.161. The summed E-state index contributed by atoms with van der Waals surface area (Å²) in [5, 5.41) is 15.0. The first-order valence-electron chi connectivity index (χ1n) is 14.1. The van der Waals surface area contributed by atoms with Crippen molar-refractivity contribution in [3.63, 3.8) is 0 Å². The number of carbonyl (C=O) groups excluding carboxylic acids is 4. The van der Waals surface area contributed by atoms with Gasteiger partial charge in [0, 0.05) is 19.0 Å². The number of aromatic carboxylic acids is 1. The van der Waals surface area contributed by atoms with Crippen molar-refractivity contribution < 1.29 is 33.8 Å². The number of hydrogen-bond donors (Lipinski definition) is 3. The van der Waals surface area contributed by atoms with Gasteiger partial charge in [0.15, 0.2) is 0 Å². The molecule has 0 saturated carbocycles. The van der Waals surface area contributed by atoms with Crippen LogP contribution in [-0.2, 0) is 36.9 Å². The molecule has 1 atom stereocenters. The van der Waals surface area contributed by atoms with Gasteiger partial charge in [0.05, 0.1) is 11.3 Å². The van der Waals surface area contributed by atoms with E-state index in [2.05, 4.69) is 10.6 Å². The van der Waals surface area contributed by atoms with Gasteiger partial charge in [-0.1, -0.05) is 50.2 Å². The van der Waals surface area contributed by atoms with Crippen molar-refractivity contribution in [2.75, 3.05) is 5.32 Å². The lowest BCUT2D eigenvalue weighted by Gasteiger charge is -2.35. The highest BCUT2D eigenvalue weighted by Crippen LogP contribution is 2.22. The van der Waals surface area contributed by atoms with Gasteiger partial charge < -0.3 is 25.4 Å². The lowest BCUT2D eigenvalue weighted by atomic mass is 9.98. The van der Waals surface area contributed by atoms with Gasteiger partial charge in [-0.05, 0) is 76.6 Å². The van der Waals surface area contributed by atoms with E-state index in [1.54, 1.807) is 31.7 Å². The summed E-state index contributed by atoms with van der Waals surface area (Å²) in [7, 11) is 0. The van der Waals surface area contributed by atoms with E-state index in [1.165, 1.54) is 12.1 Å². The Morgan fingerprint density at radius 1 is 0.929 bits per heavy atom. The first-order valence-corrected chi connectivity index (χ1v) is 14.1. The van der Waals surface area contributed by atoms with Crippen LogP contribution in [-0.4, -0.2) is 57.4 Å². The Morgan fingerprint density at radius 2 is 1.57 bits per heavy atom. The third-order valence-corrected chi connectivity index (χ3v) is 6.26. The molecule has 0 aliphatic rings. The number of carboxylic acid groups (broad SMARTS) is 1. The number of nitrogens with zero attached hydrogens (tertiary/aromatic N) is 1. The van der Waals surface area contributed by atoms with Crippen LogP contribution in [0.5, 0.6) is 0 Å². The molecule has 10 heteroatoms.